The summed E-state index contributed by atoms with van der Waals surface area (Å²) in [5.74, 6) is 0.989. The molecule has 98 valence electrons. The Morgan fingerprint density at radius 3 is 2.94 bits per heavy atom. The smallest absolute Gasteiger partial charge is 0.0414 e. The van der Waals surface area contributed by atoms with Gasteiger partial charge in [-0.05, 0) is 30.9 Å². The number of anilines is 1. The topological polar surface area (TPSA) is 15.3 Å². The van der Waals surface area contributed by atoms with Gasteiger partial charge < -0.3 is 10.2 Å². The Bertz CT molecular complexity index is 398. The van der Waals surface area contributed by atoms with Crippen LogP contribution in [-0.2, 0) is 6.54 Å². The summed E-state index contributed by atoms with van der Waals surface area (Å²) in [6.07, 6.45) is 5.74. The van der Waals surface area contributed by atoms with Gasteiger partial charge in [-0.2, -0.15) is 0 Å². The van der Waals surface area contributed by atoms with Crippen molar-refractivity contribution in [1.82, 2.24) is 5.32 Å². The van der Waals surface area contributed by atoms with E-state index in [0.717, 1.165) is 25.6 Å². The van der Waals surface area contributed by atoms with E-state index in [1.807, 2.05) is 0 Å². The van der Waals surface area contributed by atoms with Gasteiger partial charge >= 0.3 is 0 Å². The molecule has 18 heavy (non-hydrogen) atoms. The van der Waals surface area contributed by atoms with Crippen molar-refractivity contribution in [3.63, 3.8) is 0 Å². The second kappa shape index (κ2) is 5.31. The third-order valence-electron chi connectivity index (χ3n) is 4.58. The summed E-state index contributed by atoms with van der Waals surface area (Å²) >= 11 is 0. The number of hydrogen-bond acceptors (Lipinski definition) is 2. The second-order valence-corrected chi connectivity index (χ2v) is 5.88. The van der Waals surface area contributed by atoms with Crippen molar-refractivity contribution in [3.8, 4) is 0 Å². The monoisotopic (exact) mass is 244 g/mol. The average Bonchev–Trinajstić information content (AvgIpc) is 2.56. The molecule has 1 unspecified atom stereocenters. The zero-order chi connectivity index (χ0) is 12.4. The lowest BCUT2D eigenvalue weighted by Crippen LogP contribution is -2.38. The van der Waals surface area contributed by atoms with Crippen LogP contribution in [0, 0.1) is 5.92 Å². The van der Waals surface area contributed by atoms with Gasteiger partial charge in [-0.3, -0.25) is 0 Å². The maximum Gasteiger partial charge on any atom is 0.0414 e. The van der Waals surface area contributed by atoms with Crippen LogP contribution in [-0.4, -0.2) is 19.1 Å². The second-order valence-electron chi connectivity index (χ2n) is 5.88. The molecule has 1 aromatic rings. The molecule has 2 heteroatoms. The number of rotatable bonds is 3. The summed E-state index contributed by atoms with van der Waals surface area (Å²) in [6, 6.07) is 9.56. The minimum Gasteiger partial charge on any atom is -0.367 e. The maximum absolute atomic E-state index is 3.53. The zero-order valence-electron chi connectivity index (χ0n) is 11.4. The molecule has 1 aliphatic heterocycles. The van der Waals surface area contributed by atoms with E-state index in [0.29, 0.717) is 6.04 Å². The van der Waals surface area contributed by atoms with Gasteiger partial charge in [0.2, 0.25) is 0 Å². The third kappa shape index (κ3) is 2.39. The van der Waals surface area contributed by atoms with Crippen LogP contribution in [0.15, 0.2) is 24.3 Å². The van der Waals surface area contributed by atoms with Gasteiger partial charge in [-0.25, -0.2) is 0 Å². The average molecular weight is 244 g/mol. The van der Waals surface area contributed by atoms with Gasteiger partial charge in [0.15, 0.2) is 0 Å². The first-order chi connectivity index (χ1) is 8.84. The summed E-state index contributed by atoms with van der Waals surface area (Å²) in [5.41, 5.74) is 2.91. The van der Waals surface area contributed by atoms with E-state index in [2.05, 4.69) is 41.4 Å². The molecule has 2 aliphatic rings. The molecule has 1 fully saturated rings. The van der Waals surface area contributed by atoms with Crippen molar-refractivity contribution >= 4 is 5.69 Å². The number of benzene rings is 1. The molecule has 1 atom stereocenters. The minimum atomic E-state index is 0.677. The molecule has 2 nitrogen and oxygen atoms in total. The van der Waals surface area contributed by atoms with Gasteiger partial charge in [0, 0.05) is 31.4 Å². The Labute approximate surface area is 110 Å². The van der Waals surface area contributed by atoms with Crippen LogP contribution < -0.4 is 10.2 Å². The Balaban J connectivity index is 1.77. The van der Waals surface area contributed by atoms with E-state index in [1.54, 1.807) is 0 Å². The van der Waals surface area contributed by atoms with Gasteiger partial charge in [-0.15, -0.1) is 0 Å². The van der Waals surface area contributed by atoms with Crippen molar-refractivity contribution in [2.24, 2.45) is 5.92 Å². The van der Waals surface area contributed by atoms with Crippen molar-refractivity contribution < 1.29 is 0 Å². The van der Waals surface area contributed by atoms with Crippen molar-refractivity contribution in [1.29, 1.82) is 0 Å². The summed E-state index contributed by atoms with van der Waals surface area (Å²) in [4.78, 5) is 2.62. The first-order valence-electron chi connectivity index (χ1n) is 7.40. The molecule has 0 aromatic heterocycles. The highest BCUT2D eigenvalue weighted by molar-refractivity contribution is 5.55. The molecule has 1 N–H and O–H groups in total. The molecule has 0 amide bonds. The quantitative estimate of drug-likeness (QED) is 0.878. The van der Waals surface area contributed by atoms with Gasteiger partial charge in [0.25, 0.3) is 0 Å². The SMILES string of the molecule is CC(CC1CCC1)N1CCNCc2ccccc21. The highest BCUT2D eigenvalue weighted by atomic mass is 15.2. The lowest BCUT2D eigenvalue weighted by Gasteiger charge is -2.36. The van der Waals surface area contributed by atoms with E-state index >= 15 is 0 Å². The van der Waals surface area contributed by atoms with Crippen LogP contribution in [0.4, 0.5) is 5.69 Å². The van der Waals surface area contributed by atoms with Crippen LogP contribution >= 0.6 is 0 Å². The van der Waals surface area contributed by atoms with Gasteiger partial charge in [-0.1, -0.05) is 37.5 Å². The fourth-order valence-corrected chi connectivity index (χ4v) is 3.28. The van der Waals surface area contributed by atoms with Gasteiger partial charge in [0.1, 0.15) is 0 Å². The fourth-order valence-electron chi connectivity index (χ4n) is 3.28. The van der Waals surface area contributed by atoms with E-state index < -0.39 is 0 Å². The Morgan fingerprint density at radius 2 is 2.17 bits per heavy atom. The standard InChI is InChI=1S/C16H24N2/c1-13(11-14-5-4-6-14)18-10-9-17-12-15-7-2-3-8-16(15)18/h2-3,7-8,13-14,17H,4-6,9-12H2,1H3. The first kappa shape index (κ1) is 12.0. The first-order valence-corrected chi connectivity index (χ1v) is 7.40. The van der Waals surface area contributed by atoms with E-state index in [4.69, 9.17) is 0 Å². The van der Waals surface area contributed by atoms with E-state index in [9.17, 15) is 0 Å². The zero-order valence-corrected chi connectivity index (χ0v) is 11.4. The number of nitrogens with one attached hydrogen (secondary N) is 1. The third-order valence-corrected chi connectivity index (χ3v) is 4.58. The molecule has 0 radical (unpaired) electrons. The Kier molecular flexibility index (Phi) is 3.55. The highest BCUT2D eigenvalue weighted by Gasteiger charge is 2.25. The normalized spacial score (nSPS) is 21.9. The molecule has 0 spiro atoms. The summed E-state index contributed by atoms with van der Waals surface area (Å²) in [6.45, 7) is 5.66. The Hall–Kier alpha value is -1.02. The molecule has 1 heterocycles. The molecule has 1 saturated carbocycles. The molecule has 1 aromatic carbocycles. The molecule has 3 rings (SSSR count). The number of hydrogen-bond donors (Lipinski definition) is 1. The molecular weight excluding hydrogens is 220 g/mol. The van der Waals surface area contributed by atoms with Crippen LogP contribution in [0.3, 0.4) is 0 Å². The number of nitrogens with zero attached hydrogens (tertiary/aromatic N) is 1. The van der Waals surface area contributed by atoms with Crippen LogP contribution in [0.5, 0.6) is 0 Å². The Morgan fingerprint density at radius 1 is 1.33 bits per heavy atom. The summed E-state index contributed by atoms with van der Waals surface area (Å²) in [7, 11) is 0. The molecule has 0 saturated heterocycles. The van der Waals surface area contributed by atoms with E-state index in [1.165, 1.54) is 36.9 Å². The van der Waals surface area contributed by atoms with Crippen molar-refractivity contribution in [2.75, 3.05) is 18.0 Å². The van der Waals surface area contributed by atoms with Crippen LogP contribution in [0.25, 0.3) is 0 Å². The predicted molar refractivity (Wildman–Crippen MR) is 76.9 cm³/mol. The number of para-hydroxylation sites is 1. The minimum absolute atomic E-state index is 0.677. The van der Waals surface area contributed by atoms with Crippen molar-refractivity contribution in [3.05, 3.63) is 29.8 Å². The predicted octanol–water partition coefficient (Wildman–Crippen LogP) is 3.17. The van der Waals surface area contributed by atoms with E-state index in [-0.39, 0.29) is 0 Å². The van der Waals surface area contributed by atoms with Crippen LogP contribution in [0.1, 0.15) is 38.2 Å². The molecule has 1 aliphatic carbocycles. The summed E-state index contributed by atoms with van der Waals surface area (Å²) < 4.78 is 0. The number of fused-ring (bicyclic) bond motifs is 1. The van der Waals surface area contributed by atoms with Crippen LogP contribution in [0.2, 0.25) is 0 Å². The largest absolute Gasteiger partial charge is 0.367 e. The fraction of sp³-hybridized carbons (Fsp3) is 0.625. The maximum atomic E-state index is 3.53. The molecular formula is C16H24N2. The lowest BCUT2D eigenvalue weighted by atomic mass is 9.81. The molecule has 0 bridgehead atoms. The summed E-state index contributed by atoms with van der Waals surface area (Å²) in [5, 5.41) is 3.53. The van der Waals surface area contributed by atoms with Gasteiger partial charge in [0.05, 0.1) is 0 Å². The lowest BCUT2D eigenvalue weighted by molar-refractivity contribution is 0.276. The highest BCUT2D eigenvalue weighted by Crippen LogP contribution is 2.33. The van der Waals surface area contributed by atoms with Crippen molar-refractivity contribution in [2.45, 2.75) is 45.2 Å².